The molecule has 2 aliphatic heterocycles. The molecule has 6 nitrogen and oxygen atoms in total. The number of halogens is 1. The smallest absolute Gasteiger partial charge is 0.225 e. The molecule has 0 radical (unpaired) electrons. The molecular weight excluding hydrogens is 456 g/mol. The van der Waals surface area contributed by atoms with Crippen LogP contribution < -0.4 is 14.5 Å². The molecule has 0 spiro atoms. The van der Waals surface area contributed by atoms with Gasteiger partial charge in [0.25, 0.3) is 0 Å². The Morgan fingerprint density at radius 2 is 1.76 bits per heavy atom. The van der Waals surface area contributed by atoms with Crippen molar-refractivity contribution in [3.8, 4) is 5.75 Å². The maximum absolute atomic E-state index is 13.2. The van der Waals surface area contributed by atoms with Crippen molar-refractivity contribution in [2.75, 3.05) is 55.7 Å². The molecule has 0 atom stereocenters. The van der Waals surface area contributed by atoms with E-state index >= 15 is 0 Å². The van der Waals surface area contributed by atoms with Crippen LogP contribution in [0.3, 0.4) is 0 Å². The first-order chi connectivity index (χ1) is 16.1. The number of anilines is 2. The molecule has 0 saturated carbocycles. The van der Waals surface area contributed by atoms with Crippen molar-refractivity contribution in [1.82, 2.24) is 9.88 Å². The Hall–Kier alpha value is -2.51. The minimum atomic E-state index is 0.113. The molecule has 33 heavy (non-hydrogen) atoms. The summed E-state index contributed by atoms with van der Waals surface area (Å²) in [4.78, 5) is 24.7. The summed E-state index contributed by atoms with van der Waals surface area (Å²) in [5.41, 5.74) is 2.18. The zero-order valence-corrected chi connectivity index (χ0v) is 20.4. The predicted octanol–water partition coefficient (Wildman–Crippen LogP) is 4.91. The van der Waals surface area contributed by atoms with Crippen molar-refractivity contribution >= 4 is 49.9 Å². The van der Waals surface area contributed by atoms with Crippen LogP contribution in [0.15, 0.2) is 42.5 Å². The van der Waals surface area contributed by atoms with Gasteiger partial charge in [-0.15, -0.1) is 0 Å². The van der Waals surface area contributed by atoms with E-state index in [1.54, 1.807) is 11.3 Å². The number of rotatable bonds is 5. The van der Waals surface area contributed by atoms with E-state index in [9.17, 15) is 4.79 Å². The van der Waals surface area contributed by atoms with Gasteiger partial charge in [-0.05, 0) is 62.2 Å². The summed E-state index contributed by atoms with van der Waals surface area (Å²) in [6.45, 7) is 7.69. The number of hydrogen-bond acceptors (Lipinski definition) is 6. The monoisotopic (exact) mass is 484 g/mol. The van der Waals surface area contributed by atoms with Gasteiger partial charge in [0.2, 0.25) is 5.91 Å². The third kappa shape index (κ3) is 4.89. The molecule has 3 aromatic rings. The number of ether oxygens (including phenoxy) is 1. The minimum Gasteiger partial charge on any atom is -0.494 e. The fourth-order valence-corrected chi connectivity index (χ4v) is 5.87. The van der Waals surface area contributed by atoms with Crippen molar-refractivity contribution in [2.24, 2.45) is 5.92 Å². The molecule has 2 saturated heterocycles. The number of thiazole rings is 1. The van der Waals surface area contributed by atoms with Crippen LogP contribution in [0, 0.1) is 5.92 Å². The van der Waals surface area contributed by atoms with Crippen LogP contribution in [0.2, 0.25) is 5.02 Å². The zero-order chi connectivity index (χ0) is 22.8. The minimum absolute atomic E-state index is 0.113. The average Bonchev–Trinajstić information content (AvgIpc) is 3.28. The van der Waals surface area contributed by atoms with E-state index in [1.807, 2.05) is 31.2 Å². The van der Waals surface area contributed by atoms with Gasteiger partial charge in [-0.1, -0.05) is 22.9 Å². The number of aromatic nitrogens is 1. The Balaban J connectivity index is 1.15. The Bertz CT molecular complexity index is 1100. The molecule has 174 valence electrons. The molecule has 5 rings (SSSR count). The second-order valence-corrected chi connectivity index (χ2v) is 10.1. The van der Waals surface area contributed by atoms with Crippen LogP contribution >= 0.6 is 22.9 Å². The lowest BCUT2D eigenvalue weighted by molar-refractivity contribution is -0.136. The molecule has 0 unspecified atom stereocenters. The molecule has 0 bridgehead atoms. The van der Waals surface area contributed by atoms with Crippen molar-refractivity contribution in [2.45, 2.75) is 19.8 Å². The summed E-state index contributed by atoms with van der Waals surface area (Å²) in [5, 5.41) is 1.79. The number of hydrogen-bond donors (Lipinski definition) is 0. The fraction of sp³-hybridized carbons (Fsp3) is 0.440. The number of carbonyl (C=O) groups excluding carboxylic acids is 1. The van der Waals surface area contributed by atoms with Crippen molar-refractivity contribution < 1.29 is 9.53 Å². The summed E-state index contributed by atoms with van der Waals surface area (Å²) in [6.07, 6.45) is 1.77. The Morgan fingerprint density at radius 3 is 2.45 bits per heavy atom. The fourth-order valence-electron chi connectivity index (χ4n) is 4.70. The van der Waals surface area contributed by atoms with Crippen molar-refractivity contribution in [1.29, 1.82) is 0 Å². The van der Waals surface area contributed by atoms with Gasteiger partial charge >= 0.3 is 0 Å². The maximum Gasteiger partial charge on any atom is 0.225 e. The van der Waals surface area contributed by atoms with Crippen LogP contribution in [-0.4, -0.2) is 61.7 Å². The number of carbonyl (C=O) groups is 1. The van der Waals surface area contributed by atoms with E-state index in [4.69, 9.17) is 21.3 Å². The predicted molar refractivity (Wildman–Crippen MR) is 136 cm³/mol. The molecule has 2 fully saturated rings. The molecule has 8 heteroatoms. The summed E-state index contributed by atoms with van der Waals surface area (Å²) in [6, 6.07) is 14.0. The molecule has 2 aliphatic rings. The quantitative estimate of drug-likeness (QED) is 0.514. The third-order valence-electron chi connectivity index (χ3n) is 6.56. The second kappa shape index (κ2) is 9.77. The highest BCUT2D eigenvalue weighted by Gasteiger charge is 2.31. The highest BCUT2D eigenvalue weighted by molar-refractivity contribution is 7.22. The van der Waals surface area contributed by atoms with E-state index < -0.39 is 0 Å². The van der Waals surface area contributed by atoms with Gasteiger partial charge in [0.05, 0.1) is 16.8 Å². The zero-order valence-electron chi connectivity index (χ0n) is 18.9. The first-order valence-electron chi connectivity index (χ1n) is 11.7. The first-order valence-corrected chi connectivity index (χ1v) is 12.9. The summed E-state index contributed by atoms with van der Waals surface area (Å²) in [7, 11) is 0. The topological polar surface area (TPSA) is 48.9 Å². The van der Waals surface area contributed by atoms with E-state index in [0.717, 1.165) is 78.2 Å². The largest absolute Gasteiger partial charge is 0.494 e. The van der Waals surface area contributed by atoms with Crippen LogP contribution in [0.4, 0.5) is 10.8 Å². The van der Waals surface area contributed by atoms with Gasteiger partial charge in [0.15, 0.2) is 5.13 Å². The van der Waals surface area contributed by atoms with Crippen molar-refractivity contribution in [3.05, 3.63) is 47.5 Å². The number of benzene rings is 2. The summed E-state index contributed by atoms with van der Waals surface area (Å²) >= 11 is 7.71. The van der Waals surface area contributed by atoms with Crippen LogP contribution in [0.5, 0.6) is 5.75 Å². The van der Waals surface area contributed by atoms with Gasteiger partial charge < -0.3 is 19.4 Å². The second-order valence-electron chi connectivity index (χ2n) is 8.61. The van der Waals surface area contributed by atoms with Crippen LogP contribution in [-0.2, 0) is 4.79 Å². The van der Waals surface area contributed by atoms with E-state index in [-0.39, 0.29) is 5.92 Å². The maximum atomic E-state index is 13.2. The number of piperazine rings is 1. The molecule has 1 aromatic heterocycles. The summed E-state index contributed by atoms with van der Waals surface area (Å²) < 4.78 is 6.76. The van der Waals surface area contributed by atoms with E-state index in [1.165, 1.54) is 5.69 Å². The Labute approximate surface area is 203 Å². The Kier molecular flexibility index (Phi) is 6.60. The molecule has 1 amide bonds. The molecule has 0 N–H and O–H groups in total. The standard InChI is InChI=1S/C25H29ClN4O2S/c1-2-32-21-7-8-22-23(17-21)33-25(27-22)30-11-9-18(10-12-30)24(31)29-15-13-28(14-16-29)20-5-3-19(26)4-6-20/h3-8,17-18H,2,9-16H2,1H3. The van der Waals surface area contributed by atoms with Gasteiger partial charge in [0.1, 0.15) is 5.75 Å². The van der Waals surface area contributed by atoms with Gasteiger partial charge in [-0.3, -0.25) is 4.79 Å². The molecule has 3 heterocycles. The molecular formula is C25H29ClN4O2S. The van der Waals surface area contributed by atoms with Gasteiger partial charge in [0, 0.05) is 55.9 Å². The van der Waals surface area contributed by atoms with Crippen molar-refractivity contribution in [3.63, 3.8) is 0 Å². The van der Waals surface area contributed by atoms with Crippen LogP contribution in [0.1, 0.15) is 19.8 Å². The molecule has 0 aliphatic carbocycles. The third-order valence-corrected chi connectivity index (χ3v) is 7.89. The number of piperidine rings is 1. The lowest BCUT2D eigenvalue weighted by Gasteiger charge is -2.39. The highest BCUT2D eigenvalue weighted by atomic mass is 35.5. The normalized spacial score (nSPS) is 17.6. The van der Waals surface area contributed by atoms with E-state index in [2.05, 4.69) is 32.9 Å². The SMILES string of the molecule is CCOc1ccc2nc(N3CCC(C(=O)N4CCN(c5ccc(Cl)cc5)CC4)CC3)sc2c1. The average molecular weight is 485 g/mol. The van der Waals surface area contributed by atoms with Gasteiger partial charge in [-0.2, -0.15) is 0 Å². The lowest BCUT2D eigenvalue weighted by atomic mass is 9.95. The van der Waals surface area contributed by atoms with Crippen LogP contribution in [0.25, 0.3) is 10.2 Å². The highest BCUT2D eigenvalue weighted by Crippen LogP contribution is 2.34. The van der Waals surface area contributed by atoms with E-state index in [0.29, 0.717) is 12.5 Å². The summed E-state index contributed by atoms with van der Waals surface area (Å²) in [5.74, 6) is 1.32. The first kappa shape index (κ1) is 22.3. The molecule has 2 aromatic carbocycles. The number of nitrogens with zero attached hydrogens (tertiary/aromatic N) is 4. The van der Waals surface area contributed by atoms with Gasteiger partial charge in [-0.25, -0.2) is 4.98 Å². The number of fused-ring (bicyclic) bond motifs is 1. The lowest BCUT2D eigenvalue weighted by Crippen LogP contribution is -2.51. The Morgan fingerprint density at radius 1 is 1.03 bits per heavy atom. The number of amides is 1.